The summed E-state index contributed by atoms with van der Waals surface area (Å²) in [4.78, 5) is 27.5. The van der Waals surface area contributed by atoms with Gasteiger partial charge in [0.1, 0.15) is 12.6 Å². The van der Waals surface area contributed by atoms with E-state index in [0.29, 0.717) is 0 Å². The maximum atomic E-state index is 12.8. The number of carbonyl (C=O) groups is 2. The molecular weight excluding hydrogens is 390 g/mol. The highest BCUT2D eigenvalue weighted by Crippen LogP contribution is 2.15. The van der Waals surface area contributed by atoms with Crippen molar-refractivity contribution >= 4 is 12.0 Å². The summed E-state index contributed by atoms with van der Waals surface area (Å²) in [7, 11) is 0. The summed E-state index contributed by atoms with van der Waals surface area (Å²) >= 11 is 0. The molecule has 0 bridgehead atoms. The fourth-order valence-electron chi connectivity index (χ4n) is 3.79. The van der Waals surface area contributed by atoms with E-state index in [1.165, 1.54) is 5.56 Å². The van der Waals surface area contributed by atoms with Gasteiger partial charge in [-0.25, -0.2) is 4.79 Å². The number of rotatable bonds is 8. The van der Waals surface area contributed by atoms with Crippen molar-refractivity contribution in [3.05, 3.63) is 71.8 Å². The Kier molecular flexibility index (Phi) is 8.47. The van der Waals surface area contributed by atoms with Crippen LogP contribution >= 0.6 is 0 Å². The molecule has 0 spiro atoms. The average Bonchev–Trinajstić information content (AvgIpc) is 2.78. The molecule has 2 aromatic carbocycles. The lowest BCUT2D eigenvalue weighted by molar-refractivity contribution is -0.125. The molecule has 6 heteroatoms. The Morgan fingerprint density at radius 2 is 1.55 bits per heavy atom. The maximum Gasteiger partial charge on any atom is 0.408 e. The quantitative estimate of drug-likeness (QED) is 0.679. The smallest absolute Gasteiger partial charge is 0.408 e. The number of nitrogens with zero attached hydrogens (tertiary/aromatic N) is 1. The molecule has 31 heavy (non-hydrogen) atoms. The van der Waals surface area contributed by atoms with E-state index in [4.69, 9.17) is 4.74 Å². The van der Waals surface area contributed by atoms with Gasteiger partial charge < -0.3 is 15.4 Å². The molecule has 0 aliphatic carbocycles. The summed E-state index contributed by atoms with van der Waals surface area (Å²) in [5.41, 5.74) is 2.22. The summed E-state index contributed by atoms with van der Waals surface area (Å²) in [6.07, 6.45) is 1.24. The highest BCUT2D eigenvalue weighted by molar-refractivity contribution is 5.86. The first kappa shape index (κ1) is 22.8. The van der Waals surface area contributed by atoms with Gasteiger partial charge in [-0.1, -0.05) is 74.5 Å². The van der Waals surface area contributed by atoms with Gasteiger partial charge >= 0.3 is 6.09 Å². The van der Waals surface area contributed by atoms with Gasteiger partial charge in [-0.05, 0) is 29.9 Å². The Balaban J connectivity index is 1.43. The molecule has 0 saturated carbocycles. The van der Waals surface area contributed by atoms with E-state index in [2.05, 4.69) is 39.8 Å². The van der Waals surface area contributed by atoms with Crippen LogP contribution in [-0.4, -0.2) is 42.1 Å². The van der Waals surface area contributed by atoms with Crippen LogP contribution in [0.1, 0.15) is 37.8 Å². The third-order valence-electron chi connectivity index (χ3n) is 5.62. The van der Waals surface area contributed by atoms with Gasteiger partial charge in [-0.15, -0.1) is 0 Å². The van der Waals surface area contributed by atoms with Crippen molar-refractivity contribution < 1.29 is 14.3 Å². The minimum atomic E-state index is -0.620. The summed E-state index contributed by atoms with van der Waals surface area (Å²) in [6.45, 7) is 6.84. The van der Waals surface area contributed by atoms with E-state index in [1.54, 1.807) is 0 Å². The van der Waals surface area contributed by atoms with Gasteiger partial charge in [0.15, 0.2) is 0 Å². The van der Waals surface area contributed by atoms with Gasteiger partial charge in [0, 0.05) is 25.7 Å². The van der Waals surface area contributed by atoms with Crippen molar-refractivity contribution in [2.24, 2.45) is 5.92 Å². The fourth-order valence-corrected chi connectivity index (χ4v) is 3.79. The van der Waals surface area contributed by atoms with Gasteiger partial charge in [0.05, 0.1) is 0 Å². The van der Waals surface area contributed by atoms with E-state index in [0.717, 1.165) is 38.0 Å². The number of ether oxygens (including phenoxy) is 1. The molecule has 166 valence electrons. The van der Waals surface area contributed by atoms with Crippen molar-refractivity contribution in [3.8, 4) is 0 Å². The molecule has 1 aliphatic rings. The van der Waals surface area contributed by atoms with Crippen LogP contribution in [0.25, 0.3) is 0 Å². The van der Waals surface area contributed by atoms with Gasteiger partial charge in [-0.2, -0.15) is 0 Å². The van der Waals surface area contributed by atoms with Crippen LogP contribution in [0.3, 0.4) is 0 Å². The highest BCUT2D eigenvalue weighted by atomic mass is 16.5. The van der Waals surface area contributed by atoms with Crippen LogP contribution in [0.5, 0.6) is 0 Å². The number of carbonyl (C=O) groups excluding carboxylic acids is 2. The Labute approximate surface area is 185 Å². The normalized spacial score (nSPS) is 16.0. The van der Waals surface area contributed by atoms with Gasteiger partial charge in [0.2, 0.25) is 5.91 Å². The molecule has 0 radical (unpaired) electrons. The maximum absolute atomic E-state index is 12.8. The molecule has 1 heterocycles. The van der Waals surface area contributed by atoms with Crippen LogP contribution < -0.4 is 10.6 Å². The molecule has 1 aliphatic heterocycles. The molecule has 2 N–H and O–H groups in total. The zero-order chi connectivity index (χ0) is 22.1. The first-order chi connectivity index (χ1) is 15.0. The molecule has 2 amide bonds. The molecule has 0 unspecified atom stereocenters. The average molecular weight is 424 g/mol. The molecule has 1 atom stereocenters. The van der Waals surface area contributed by atoms with Crippen LogP contribution in [-0.2, 0) is 22.7 Å². The van der Waals surface area contributed by atoms with Crippen molar-refractivity contribution in [1.29, 1.82) is 0 Å². The SMILES string of the molecule is CC(C)[C@@H](NC(=O)OCc1ccccc1)C(=O)NC1CCN(Cc2ccccc2)CC1. The largest absolute Gasteiger partial charge is 0.445 e. The number of alkyl carbamates (subject to hydrolysis) is 1. The first-order valence-corrected chi connectivity index (χ1v) is 11.0. The number of benzene rings is 2. The molecule has 0 aromatic heterocycles. The predicted octanol–water partition coefficient (Wildman–Crippen LogP) is 3.72. The topological polar surface area (TPSA) is 70.7 Å². The Morgan fingerprint density at radius 1 is 0.968 bits per heavy atom. The van der Waals surface area contributed by atoms with Crippen molar-refractivity contribution in [3.63, 3.8) is 0 Å². The van der Waals surface area contributed by atoms with Crippen molar-refractivity contribution in [2.45, 2.75) is 51.9 Å². The highest BCUT2D eigenvalue weighted by Gasteiger charge is 2.28. The minimum absolute atomic E-state index is 0.0394. The number of piperidine rings is 1. The Bertz CT molecular complexity index is 818. The summed E-state index contributed by atoms with van der Waals surface area (Å²) < 4.78 is 5.28. The fraction of sp³-hybridized carbons (Fsp3) is 0.440. The minimum Gasteiger partial charge on any atom is -0.445 e. The van der Waals surface area contributed by atoms with Gasteiger partial charge in [-0.3, -0.25) is 9.69 Å². The lowest BCUT2D eigenvalue weighted by Crippen LogP contribution is -2.54. The van der Waals surface area contributed by atoms with Crippen LogP contribution in [0.2, 0.25) is 0 Å². The number of hydrogen-bond acceptors (Lipinski definition) is 4. The zero-order valence-corrected chi connectivity index (χ0v) is 18.4. The lowest BCUT2D eigenvalue weighted by atomic mass is 10.0. The zero-order valence-electron chi connectivity index (χ0n) is 18.4. The standard InChI is InChI=1S/C25H33N3O3/c1-19(2)23(27-25(30)31-18-21-11-7-4-8-12-21)24(29)26-22-13-15-28(16-14-22)17-20-9-5-3-6-10-20/h3-12,19,22-23H,13-18H2,1-2H3,(H,26,29)(H,27,30)/t23-/m1/s1. The molecule has 1 saturated heterocycles. The number of amides is 2. The first-order valence-electron chi connectivity index (χ1n) is 11.0. The third kappa shape index (κ3) is 7.40. The second-order valence-electron chi connectivity index (χ2n) is 8.47. The summed E-state index contributed by atoms with van der Waals surface area (Å²) in [5, 5.41) is 5.86. The molecule has 1 fully saturated rings. The number of nitrogens with one attached hydrogen (secondary N) is 2. The molecule has 2 aromatic rings. The van der Waals surface area contributed by atoms with Crippen LogP contribution in [0.15, 0.2) is 60.7 Å². The molecule has 3 rings (SSSR count). The van der Waals surface area contributed by atoms with E-state index in [1.807, 2.05) is 50.2 Å². The van der Waals surface area contributed by atoms with Gasteiger partial charge in [0.25, 0.3) is 0 Å². The van der Waals surface area contributed by atoms with Crippen LogP contribution in [0.4, 0.5) is 4.79 Å². The third-order valence-corrected chi connectivity index (χ3v) is 5.62. The molecular formula is C25H33N3O3. The van der Waals surface area contributed by atoms with Crippen molar-refractivity contribution in [1.82, 2.24) is 15.5 Å². The predicted molar refractivity (Wildman–Crippen MR) is 121 cm³/mol. The number of likely N-dealkylation sites (tertiary alicyclic amines) is 1. The monoisotopic (exact) mass is 423 g/mol. The Hall–Kier alpha value is -2.86. The van der Waals surface area contributed by atoms with E-state index in [-0.39, 0.29) is 24.5 Å². The van der Waals surface area contributed by atoms with E-state index in [9.17, 15) is 9.59 Å². The second-order valence-corrected chi connectivity index (χ2v) is 8.47. The Morgan fingerprint density at radius 3 is 2.13 bits per heavy atom. The van der Waals surface area contributed by atoms with Crippen molar-refractivity contribution in [2.75, 3.05) is 13.1 Å². The van der Waals surface area contributed by atoms with E-state index >= 15 is 0 Å². The lowest BCUT2D eigenvalue weighted by Gasteiger charge is -2.33. The summed E-state index contributed by atoms with van der Waals surface area (Å²) in [5.74, 6) is -0.185. The summed E-state index contributed by atoms with van der Waals surface area (Å²) in [6, 6.07) is 19.4. The number of hydrogen-bond donors (Lipinski definition) is 2. The molecule has 6 nitrogen and oxygen atoms in total. The van der Waals surface area contributed by atoms with E-state index < -0.39 is 12.1 Å². The van der Waals surface area contributed by atoms with Crippen LogP contribution in [0, 0.1) is 5.92 Å². The second kappa shape index (κ2) is 11.5.